The Morgan fingerprint density at radius 2 is 1.57 bits per heavy atom. The average Bonchev–Trinajstić information content (AvgIpc) is 3.25. The number of amides is 3. The Balaban J connectivity index is 1.46. The maximum absolute atomic E-state index is 13.5. The van der Waals surface area contributed by atoms with E-state index in [0.29, 0.717) is 72.1 Å². The SMILES string of the molecule is COc1cc2c(c(OC)c1OC)-c1ccc(NCCCCCC(=O)Nc3cccc(NC(C)=O)c3)c(=O)cc1[C@@H](NC(C)=O)CC2. The van der Waals surface area contributed by atoms with Crippen LogP contribution in [0.25, 0.3) is 11.1 Å². The second-order valence-electron chi connectivity index (χ2n) is 11.1. The van der Waals surface area contributed by atoms with Crippen LogP contribution >= 0.6 is 0 Å². The van der Waals surface area contributed by atoms with Gasteiger partial charge in [-0.25, -0.2) is 0 Å². The van der Waals surface area contributed by atoms with E-state index < -0.39 is 0 Å². The topological polar surface area (TPSA) is 144 Å². The van der Waals surface area contributed by atoms with Crippen LogP contribution in [0.1, 0.15) is 63.1 Å². The first-order valence-electron chi connectivity index (χ1n) is 15.3. The van der Waals surface area contributed by atoms with Crippen molar-refractivity contribution >= 4 is 34.8 Å². The molecule has 0 aromatic heterocycles. The van der Waals surface area contributed by atoms with Crippen molar-refractivity contribution in [3.8, 4) is 28.4 Å². The predicted octanol–water partition coefficient (Wildman–Crippen LogP) is 5.43. The third-order valence-corrected chi connectivity index (χ3v) is 7.78. The highest BCUT2D eigenvalue weighted by molar-refractivity contribution is 5.93. The van der Waals surface area contributed by atoms with Crippen LogP contribution in [0, 0.1) is 0 Å². The largest absolute Gasteiger partial charge is 0.493 e. The average molecular weight is 631 g/mol. The number of aryl methyl sites for hydroxylation is 1. The molecule has 244 valence electrons. The van der Waals surface area contributed by atoms with Crippen molar-refractivity contribution in [2.45, 2.75) is 58.4 Å². The molecular formula is C35H42N4O7. The number of hydrogen-bond acceptors (Lipinski definition) is 8. The molecule has 0 unspecified atom stereocenters. The summed E-state index contributed by atoms with van der Waals surface area (Å²) >= 11 is 0. The molecule has 0 aliphatic heterocycles. The van der Waals surface area contributed by atoms with Crippen LogP contribution in [0.2, 0.25) is 0 Å². The number of anilines is 3. The molecule has 11 nitrogen and oxygen atoms in total. The number of unbranched alkanes of at least 4 members (excludes halogenated alkanes) is 2. The van der Waals surface area contributed by atoms with E-state index in [1.54, 1.807) is 57.7 Å². The van der Waals surface area contributed by atoms with Gasteiger partial charge in [0, 0.05) is 43.8 Å². The molecule has 0 saturated carbocycles. The summed E-state index contributed by atoms with van der Waals surface area (Å²) in [6.07, 6.45) is 3.78. The first-order chi connectivity index (χ1) is 22.1. The van der Waals surface area contributed by atoms with Crippen molar-refractivity contribution in [2.75, 3.05) is 43.8 Å². The summed E-state index contributed by atoms with van der Waals surface area (Å²) in [6, 6.07) is 13.8. The molecular weight excluding hydrogens is 588 g/mol. The Labute approximate surface area is 269 Å². The van der Waals surface area contributed by atoms with Crippen LogP contribution in [-0.4, -0.2) is 45.6 Å². The molecule has 0 fully saturated rings. The van der Waals surface area contributed by atoms with Crippen LogP contribution in [0.15, 0.2) is 53.3 Å². The zero-order valence-corrected chi connectivity index (χ0v) is 27.0. The number of carbonyl (C=O) groups is 3. The molecule has 4 N–H and O–H groups in total. The second-order valence-corrected chi connectivity index (χ2v) is 11.1. The van der Waals surface area contributed by atoms with Crippen LogP contribution in [0.4, 0.5) is 17.1 Å². The summed E-state index contributed by atoms with van der Waals surface area (Å²) in [4.78, 5) is 49.3. The van der Waals surface area contributed by atoms with E-state index in [1.807, 2.05) is 12.1 Å². The van der Waals surface area contributed by atoms with Gasteiger partial charge in [0.15, 0.2) is 11.5 Å². The van der Waals surface area contributed by atoms with Crippen molar-refractivity contribution < 1.29 is 28.6 Å². The van der Waals surface area contributed by atoms with Crippen LogP contribution < -0.4 is 40.9 Å². The Morgan fingerprint density at radius 3 is 2.24 bits per heavy atom. The minimum absolute atomic E-state index is 0.106. The summed E-state index contributed by atoms with van der Waals surface area (Å²) in [5.74, 6) is 1.02. The van der Waals surface area contributed by atoms with Gasteiger partial charge < -0.3 is 35.5 Å². The Morgan fingerprint density at radius 1 is 0.826 bits per heavy atom. The number of hydrogen-bond donors (Lipinski definition) is 4. The van der Waals surface area contributed by atoms with Gasteiger partial charge >= 0.3 is 0 Å². The van der Waals surface area contributed by atoms with Gasteiger partial charge in [-0.15, -0.1) is 0 Å². The van der Waals surface area contributed by atoms with E-state index in [4.69, 9.17) is 14.2 Å². The third-order valence-electron chi connectivity index (χ3n) is 7.78. The highest BCUT2D eigenvalue weighted by Gasteiger charge is 2.29. The van der Waals surface area contributed by atoms with Gasteiger partial charge in [0.1, 0.15) is 0 Å². The molecule has 0 heterocycles. The minimum Gasteiger partial charge on any atom is -0.493 e. The Kier molecular flexibility index (Phi) is 11.6. The zero-order valence-electron chi connectivity index (χ0n) is 27.0. The van der Waals surface area contributed by atoms with Gasteiger partial charge in [0.2, 0.25) is 28.9 Å². The van der Waals surface area contributed by atoms with E-state index >= 15 is 0 Å². The van der Waals surface area contributed by atoms with Gasteiger partial charge in [-0.05, 0) is 78.8 Å². The Bertz CT molecular complexity index is 1660. The van der Waals surface area contributed by atoms with Gasteiger partial charge in [-0.1, -0.05) is 18.6 Å². The van der Waals surface area contributed by atoms with Crippen LogP contribution in [0.3, 0.4) is 0 Å². The van der Waals surface area contributed by atoms with Crippen molar-refractivity contribution in [1.29, 1.82) is 0 Å². The van der Waals surface area contributed by atoms with Crippen LogP contribution in [0.5, 0.6) is 17.2 Å². The molecule has 1 atom stereocenters. The van der Waals surface area contributed by atoms with E-state index in [-0.39, 0.29) is 29.2 Å². The fourth-order valence-corrected chi connectivity index (χ4v) is 5.77. The number of rotatable bonds is 13. The number of nitrogens with one attached hydrogen (secondary N) is 4. The first kappa shape index (κ1) is 33.8. The maximum atomic E-state index is 13.5. The maximum Gasteiger partial charge on any atom is 0.224 e. The molecule has 1 aliphatic carbocycles. The fourth-order valence-electron chi connectivity index (χ4n) is 5.77. The van der Waals surface area contributed by atoms with E-state index in [2.05, 4.69) is 21.3 Å². The van der Waals surface area contributed by atoms with Gasteiger partial charge in [-0.3, -0.25) is 19.2 Å². The number of fused-ring (bicyclic) bond motifs is 3. The number of ether oxygens (including phenoxy) is 3. The molecule has 3 aromatic carbocycles. The number of carbonyl (C=O) groups excluding carboxylic acids is 3. The monoisotopic (exact) mass is 630 g/mol. The first-order valence-corrected chi connectivity index (χ1v) is 15.3. The lowest BCUT2D eigenvalue weighted by molar-refractivity contribution is -0.120. The summed E-state index contributed by atoms with van der Waals surface area (Å²) in [6.45, 7) is 3.44. The summed E-state index contributed by atoms with van der Waals surface area (Å²) in [5, 5.41) is 11.8. The molecule has 1 aliphatic rings. The number of methoxy groups -OCH3 is 3. The molecule has 11 heteroatoms. The normalized spacial score (nSPS) is 13.3. The summed E-state index contributed by atoms with van der Waals surface area (Å²) < 4.78 is 17.1. The van der Waals surface area contributed by atoms with E-state index in [0.717, 1.165) is 29.5 Å². The smallest absolute Gasteiger partial charge is 0.224 e. The molecule has 0 spiro atoms. The minimum atomic E-state index is -0.381. The lowest BCUT2D eigenvalue weighted by Gasteiger charge is -2.19. The molecule has 3 aromatic rings. The third kappa shape index (κ3) is 8.35. The van der Waals surface area contributed by atoms with Crippen molar-refractivity contribution in [3.63, 3.8) is 0 Å². The highest BCUT2D eigenvalue weighted by atomic mass is 16.5. The van der Waals surface area contributed by atoms with Gasteiger partial charge in [0.05, 0.1) is 33.1 Å². The van der Waals surface area contributed by atoms with Crippen molar-refractivity contribution in [3.05, 3.63) is 69.9 Å². The highest BCUT2D eigenvalue weighted by Crippen LogP contribution is 2.50. The number of benzene rings is 2. The summed E-state index contributed by atoms with van der Waals surface area (Å²) in [7, 11) is 4.69. The lowest BCUT2D eigenvalue weighted by Crippen LogP contribution is -2.26. The zero-order chi connectivity index (χ0) is 33.2. The molecule has 0 bridgehead atoms. The molecule has 0 radical (unpaired) electrons. The second kappa shape index (κ2) is 15.8. The molecule has 3 amide bonds. The van der Waals surface area contributed by atoms with Crippen molar-refractivity contribution in [2.24, 2.45) is 0 Å². The van der Waals surface area contributed by atoms with E-state index in [1.165, 1.54) is 13.8 Å². The van der Waals surface area contributed by atoms with Gasteiger partial charge in [-0.2, -0.15) is 0 Å². The fraction of sp³-hybridized carbons (Fsp3) is 0.371. The lowest BCUT2D eigenvalue weighted by atomic mass is 9.95. The predicted molar refractivity (Wildman–Crippen MR) is 179 cm³/mol. The standard InChI is InChI=1S/C35H42N4O7/c1-21(40)37-24-10-9-11-25(19-24)39-32(43)12-7-6-8-17-36-29-16-14-26-27(20-30(29)42)28(38-22(2)41)15-13-23-18-31(44-3)34(45-4)35(46-5)33(23)26/h9-11,14,16,18-20,28H,6-8,12-13,15,17H2,1-5H3,(H,36,42)(H,37,40)(H,38,41)(H,39,43)/t28-/m0/s1. The Hall–Kier alpha value is -5.06. The molecule has 46 heavy (non-hydrogen) atoms. The molecule has 0 saturated heterocycles. The van der Waals surface area contributed by atoms with Crippen LogP contribution in [-0.2, 0) is 20.8 Å². The van der Waals surface area contributed by atoms with E-state index in [9.17, 15) is 19.2 Å². The van der Waals surface area contributed by atoms with Gasteiger partial charge in [0.25, 0.3) is 0 Å². The van der Waals surface area contributed by atoms with Crippen molar-refractivity contribution in [1.82, 2.24) is 5.32 Å². The molecule has 4 rings (SSSR count). The quantitative estimate of drug-likeness (QED) is 0.183. The summed E-state index contributed by atoms with van der Waals surface area (Å²) in [5.41, 5.74) is 4.70.